The Bertz CT molecular complexity index is 393. The van der Waals surface area contributed by atoms with Crippen LogP contribution in [0.1, 0.15) is 42.7 Å². The van der Waals surface area contributed by atoms with E-state index in [9.17, 15) is 0 Å². The van der Waals surface area contributed by atoms with Gasteiger partial charge in [0.25, 0.3) is 0 Å². The van der Waals surface area contributed by atoms with Crippen molar-refractivity contribution in [3.8, 4) is 0 Å². The van der Waals surface area contributed by atoms with Crippen LogP contribution in [0.2, 0.25) is 0 Å². The molecule has 0 aromatic heterocycles. The molecule has 1 aromatic rings. The highest BCUT2D eigenvalue weighted by atomic mass is 14.5. The molecule has 4 bridgehead atoms. The molecule has 78 valence electrons. The van der Waals surface area contributed by atoms with Gasteiger partial charge in [-0.2, -0.15) is 0 Å². The van der Waals surface area contributed by atoms with Crippen LogP contribution in [0.25, 0.3) is 0 Å². The van der Waals surface area contributed by atoms with Gasteiger partial charge < -0.3 is 0 Å². The van der Waals surface area contributed by atoms with Crippen LogP contribution in [0.4, 0.5) is 0 Å². The minimum Gasteiger partial charge on any atom is -0.0620 e. The van der Waals surface area contributed by atoms with Gasteiger partial charge in [-0.25, -0.2) is 0 Å². The van der Waals surface area contributed by atoms with E-state index in [0.717, 1.165) is 23.7 Å². The number of hydrogen-bond donors (Lipinski definition) is 0. The molecule has 0 nitrogen and oxygen atoms in total. The Balaban J connectivity index is 1.85. The summed E-state index contributed by atoms with van der Waals surface area (Å²) < 4.78 is 0. The Morgan fingerprint density at radius 3 is 2.87 bits per heavy atom. The molecular weight excluding hydrogens is 180 g/mol. The molecule has 4 aliphatic rings. The van der Waals surface area contributed by atoms with Gasteiger partial charge in [0.2, 0.25) is 0 Å². The first kappa shape index (κ1) is 8.38. The lowest BCUT2D eigenvalue weighted by Crippen LogP contribution is -2.41. The molecule has 15 heavy (non-hydrogen) atoms. The summed E-state index contributed by atoms with van der Waals surface area (Å²) in [5.41, 5.74) is 3.38. The first-order valence-electron chi connectivity index (χ1n) is 6.49. The summed E-state index contributed by atoms with van der Waals surface area (Å²) in [5.74, 6) is 4.09. The summed E-state index contributed by atoms with van der Waals surface area (Å²) in [4.78, 5) is 0. The lowest BCUT2D eigenvalue weighted by atomic mass is 9.53. The average molecular weight is 198 g/mol. The van der Waals surface area contributed by atoms with Crippen LogP contribution in [0.3, 0.4) is 0 Å². The second kappa shape index (κ2) is 2.87. The number of rotatable bonds is 0. The first-order valence-corrected chi connectivity index (χ1v) is 6.49. The van der Waals surface area contributed by atoms with Gasteiger partial charge in [-0.15, -0.1) is 0 Å². The summed E-state index contributed by atoms with van der Waals surface area (Å²) in [6, 6.07) is 9.23. The lowest BCUT2D eigenvalue weighted by Gasteiger charge is -2.51. The van der Waals surface area contributed by atoms with Crippen LogP contribution < -0.4 is 0 Å². The summed E-state index contributed by atoms with van der Waals surface area (Å²) in [6.45, 7) is 0. The van der Waals surface area contributed by atoms with Gasteiger partial charge >= 0.3 is 0 Å². The fourth-order valence-electron chi connectivity index (χ4n) is 4.62. The van der Waals surface area contributed by atoms with E-state index in [2.05, 4.69) is 24.3 Å². The second-order valence-electron chi connectivity index (χ2n) is 5.85. The molecular formula is C15H18. The number of benzene rings is 1. The van der Waals surface area contributed by atoms with E-state index in [4.69, 9.17) is 0 Å². The third kappa shape index (κ3) is 1.08. The number of fused-ring (bicyclic) bond motifs is 2. The number of hydrogen-bond acceptors (Lipinski definition) is 0. The SMILES string of the molecule is c1ccc2c(c1)CC1CC3CCC1C2C3. The highest BCUT2D eigenvalue weighted by molar-refractivity contribution is 5.35. The van der Waals surface area contributed by atoms with E-state index in [1.54, 1.807) is 11.1 Å². The van der Waals surface area contributed by atoms with Crippen LogP contribution in [-0.4, -0.2) is 0 Å². The van der Waals surface area contributed by atoms with Gasteiger partial charge in [-0.3, -0.25) is 0 Å². The van der Waals surface area contributed by atoms with E-state index in [1.165, 1.54) is 32.1 Å². The summed E-state index contributed by atoms with van der Waals surface area (Å²) in [5, 5.41) is 0. The Morgan fingerprint density at radius 2 is 1.93 bits per heavy atom. The quantitative estimate of drug-likeness (QED) is 0.595. The molecule has 0 radical (unpaired) electrons. The molecule has 0 amide bonds. The van der Waals surface area contributed by atoms with E-state index < -0.39 is 0 Å². The van der Waals surface area contributed by atoms with Gasteiger partial charge in [0, 0.05) is 0 Å². The predicted octanol–water partition coefficient (Wildman–Crippen LogP) is 3.76. The first-order chi connectivity index (χ1) is 7.42. The van der Waals surface area contributed by atoms with Gasteiger partial charge in [0.15, 0.2) is 0 Å². The third-order valence-corrected chi connectivity index (χ3v) is 5.19. The van der Waals surface area contributed by atoms with Crippen molar-refractivity contribution in [2.75, 3.05) is 0 Å². The standard InChI is InChI=1S/C15H18/c1-2-4-13-11(3-1)9-12-7-10-5-6-14(12)15(13)8-10/h1-4,10,12,14-15H,5-9H2. The zero-order valence-electron chi connectivity index (χ0n) is 9.15. The van der Waals surface area contributed by atoms with E-state index in [1.807, 2.05) is 0 Å². The Morgan fingerprint density at radius 1 is 1.00 bits per heavy atom. The van der Waals surface area contributed by atoms with Crippen molar-refractivity contribution in [1.82, 2.24) is 0 Å². The Hall–Kier alpha value is -0.780. The second-order valence-corrected chi connectivity index (χ2v) is 5.85. The average Bonchev–Trinajstić information content (AvgIpc) is 2.29. The molecule has 3 fully saturated rings. The molecule has 0 saturated heterocycles. The normalized spacial score (nSPS) is 41.3. The summed E-state index contributed by atoms with van der Waals surface area (Å²) in [6.07, 6.45) is 7.47. The largest absolute Gasteiger partial charge is 0.0620 e. The van der Waals surface area contributed by atoms with Gasteiger partial charge in [0.05, 0.1) is 0 Å². The van der Waals surface area contributed by atoms with Crippen molar-refractivity contribution in [3.63, 3.8) is 0 Å². The van der Waals surface area contributed by atoms with Gasteiger partial charge in [-0.05, 0) is 60.5 Å². The molecule has 0 heteroatoms. The van der Waals surface area contributed by atoms with E-state index in [-0.39, 0.29) is 0 Å². The van der Waals surface area contributed by atoms with E-state index >= 15 is 0 Å². The topological polar surface area (TPSA) is 0 Å². The predicted molar refractivity (Wildman–Crippen MR) is 61.8 cm³/mol. The van der Waals surface area contributed by atoms with Crippen molar-refractivity contribution in [2.45, 2.75) is 38.0 Å². The molecule has 0 N–H and O–H groups in total. The fraction of sp³-hybridized carbons (Fsp3) is 0.600. The lowest BCUT2D eigenvalue weighted by molar-refractivity contribution is 0.0628. The van der Waals surface area contributed by atoms with Gasteiger partial charge in [-0.1, -0.05) is 30.7 Å². The highest BCUT2D eigenvalue weighted by Crippen LogP contribution is 2.56. The Labute approximate surface area is 91.7 Å². The molecule has 4 atom stereocenters. The Kier molecular flexibility index (Phi) is 1.60. The van der Waals surface area contributed by atoms with Crippen molar-refractivity contribution in [3.05, 3.63) is 35.4 Å². The summed E-state index contributed by atoms with van der Waals surface area (Å²) >= 11 is 0. The monoisotopic (exact) mass is 198 g/mol. The maximum Gasteiger partial charge on any atom is -0.0125 e. The van der Waals surface area contributed by atoms with Crippen molar-refractivity contribution < 1.29 is 0 Å². The molecule has 3 saturated carbocycles. The molecule has 0 spiro atoms. The fourth-order valence-corrected chi connectivity index (χ4v) is 4.62. The van der Waals surface area contributed by atoms with Crippen LogP contribution in [0.5, 0.6) is 0 Å². The highest BCUT2D eigenvalue weighted by Gasteiger charge is 2.45. The molecule has 4 unspecified atom stereocenters. The van der Waals surface area contributed by atoms with Crippen LogP contribution in [-0.2, 0) is 6.42 Å². The maximum atomic E-state index is 2.40. The van der Waals surface area contributed by atoms with Crippen LogP contribution in [0.15, 0.2) is 24.3 Å². The smallest absolute Gasteiger partial charge is 0.0125 e. The minimum absolute atomic E-state index is 0.937. The minimum atomic E-state index is 0.937. The summed E-state index contributed by atoms with van der Waals surface area (Å²) in [7, 11) is 0. The molecule has 0 heterocycles. The van der Waals surface area contributed by atoms with Crippen molar-refractivity contribution >= 4 is 0 Å². The van der Waals surface area contributed by atoms with Gasteiger partial charge in [0.1, 0.15) is 0 Å². The molecule has 4 aliphatic carbocycles. The molecule has 0 aliphatic heterocycles. The maximum absolute atomic E-state index is 2.40. The van der Waals surface area contributed by atoms with E-state index in [0.29, 0.717) is 0 Å². The zero-order chi connectivity index (χ0) is 9.83. The molecule has 5 rings (SSSR count). The van der Waals surface area contributed by atoms with Crippen LogP contribution >= 0.6 is 0 Å². The zero-order valence-corrected chi connectivity index (χ0v) is 9.15. The molecule has 1 aromatic carbocycles. The van der Waals surface area contributed by atoms with Crippen molar-refractivity contribution in [2.24, 2.45) is 17.8 Å². The van der Waals surface area contributed by atoms with Crippen LogP contribution in [0, 0.1) is 17.8 Å². The van der Waals surface area contributed by atoms with Crippen molar-refractivity contribution in [1.29, 1.82) is 0 Å². The third-order valence-electron chi connectivity index (χ3n) is 5.19.